The topological polar surface area (TPSA) is 91.5 Å². The minimum Gasteiger partial charge on any atom is -0.467 e. The second kappa shape index (κ2) is 9.26. The summed E-state index contributed by atoms with van der Waals surface area (Å²) in [5, 5.41) is 3.84. The number of rotatable bonds is 6. The van der Waals surface area contributed by atoms with Crippen molar-refractivity contribution in [3.05, 3.63) is 71.4 Å². The zero-order chi connectivity index (χ0) is 22.7. The Morgan fingerprint density at radius 1 is 1.16 bits per heavy atom. The summed E-state index contributed by atoms with van der Waals surface area (Å²) in [5.74, 6) is -0.870. The maximum Gasteiger partial charge on any atom is 0.328 e. The van der Waals surface area contributed by atoms with Crippen molar-refractivity contribution < 1.29 is 19.1 Å². The zero-order valence-corrected chi connectivity index (χ0v) is 18.3. The van der Waals surface area contributed by atoms with E-state index in [4.69, 9.17) is 4.74 Å². The molecule has 1 aliphatic heterocycles. The minimum absolute atomic E-state index is 0.0689. The van der Waals surface area contributed by atoms with E-state index in [2.05, 4.69) is 10.3 Å². The standard InChI is InChI=1S/C25H27N3O4/c1-16(29)28-12-11-17-7-3-4-9-20(17)23(28)14-24(30)27-22(25(31)32-2)13-18-15-26-21-10-6-5-8-19(18)21/h3-10,15,22-23,26H,11-14H2,1-2H3,(H,27,30). The van der Waals surface area contributed by atoms with Crippen LogP contribution in [0.1, 0.15) is 36.1 Å². The van der Waals surface area contributed by atoms with E-state index in [1.807, 2.05) is 54.7 Å². The Hall–Kier alpha value is -3.61. The molecule has 0 radical (unpaired) electrons. The third kappa shape index (κ3) is 4.37. The summed E-state index contributed by atoms with van der Waals surface area (Å²) >= 11 is 0. The van der Waals surface area contributed by atoms with Crippen LogP contribution < -0.4 is 5.32 Å². The number of aromatic nitrogens is 1. The van der Waals surface area contributed by atoms with Crippen molar-refractivity contribution in [1.82, 2.24) is 15.2 Å². The van der Waals surface area contributed by atoms with Gasteiger partial charge in [-0.2, -0.15) is 0 Å². The van der Waals surface area contributed by atoms with Crippen LogP contribution in [-0.2, 0) is 32.0 Å². The average molecular weight is 434 g/mol. The van der Waals surface area contributed by atoms with E-state index in [0.29, 0.717) is 13.0 Å². The molecule has 2 unspecified atom stereocenters. The van der Waals surface area contributed by atoms with Crippen LogP contribution >= 0.6 is 0 Å². The molecule has 3 aromatic rings. The predicted molar refractivity (Wildman–Crippen MR) is 121 cm³/mol. The Morgan fingerprint density at radius 3 is 2.69 bits per heavy atom. The van der Waals surface area contributed by atoms with Crippen molar-refractivity contribution in [3.8, 4) is 0 Å². The number of benzene rings is 2. The molecule has 0 spiro atoms. The first-order valence-corrected chi connectivity index (χ1v) is 10.7. The number of H-pyrrole nitrogens is 1. The van der Waals surface area contributed by atoms with Gasteiger partial charge in [-0.15, -0.1) is 0 Å². The third-order valence-corrected chi connectivity index (χ3v) is 6.12. The Labute approximate surface area is 186 Å². The molecule has 7 nitrogen and oxygen atoms in total. The fourth-order valence-electron chi connectivity index (χ4n) is 4.53. The molecular weight excluding hydrogens is 406 g/mol. The Balaban J connectivity index is 1.53. The first kappa shape index (κ1) is 21.6. The molecule has 7 heteroatoms. The lowest BCUT2D eigenvalue weighted by atomic mass is 9.90. The molecule has 166 valence electrons. The molecule has 0 saturated heterocycles. The quantitative estimate of drug-likeness (QED) is 0.585. The van der Waals surface area contributed by atoms with Gasteiger partial charge >= 0.3 is 5.97 Å². The van der Waals surface area contributed by atoms with Crippen LogP contribution in [0.5, 0.6) is 0 Å². The highest BCUT2D eigenvalue weighted by molar-refractivity contribution is 5.88. The second-order valence-electron chi connectivity index (χ2n) is 8.09. The number of carbonyl (C=O) groups excluding carboxylic acids is 3. The molecule has 2 heterocycles. The number of ether oxygens (including phenoxy) is 1. The number of aromatic amines is 1. The van der Waals surface area contributed by atoms with Gasteiger partial charge in [0.2, 0.25) is 11.8 Å². The number of fused-ring (bicyclic) bond motifs is 2. The van der Waals surface area contributed by atoms with E-state index < -0.39 is 12.0 Å². The fraction of sp³-hybridized carbons (Fsp3) is 0.320. The monoisotopic (exact) mass is 433 g/mol. The van der Waals surface area contributed by atoms with Crippen molar-refractivity contribution in [2.75, 3.05) is 13.7 Å². The van der Waals surface area contributed by atoms with Gasteiger partial charge < -0.3 is 19.9 Å². The number of esters is 1. The van der Waals surface area contributed by atoms with Gasteiger partial charge in [0.25, 0.3) is 0 Å². The summed E-state index contributed by atoms with van der Waals surface area (Å²) < 4.78 is 4.95. The van der Waals surface area contributed by atoms with Gasteiger partial charge in [0.15, 0.2) is 0 Å². The van der Waals surface area contributed by atoms with Crippen molar-refractivity contribution in [2.45, 2.75) is 38.3 Å². The smallest absolute Gasteiger partial charge is 0.328 e. The summed E-state index contributed by atoms with van der Waals surface area (Å²) in [4.78, 5) is 42.7. The summed E-state index contributed by atoms with van der Waals surface area (Å²) in [7, 11) is 1.31. The van der Waals surface area contributed by atoms with Crippen LogP contribution in [0.3, 0.4) is 0 Å². The van der Waals surface area contributed by atoms with E-state index in [1.54, 1.807) is 4.90 Å². The van der Waals surface area contributed by atoms with Gasteiger partial charge in [0, 0.05) is 37.0 Å². The van der Waals surface area contributed by atoms with Gasteiger partial charge in [-0.3, -0.25) is 9.59 Å². The first-order valence-electron chi connectivity index (χ1n) is 10.7. The van der Waals surface area contributed by atoms with Crippen molar-refractivity contribution >= 4 is 28.7 Å². The van der Waals surface area contributed by atoms with Gasteiger partial charge in [-0.05, 0) is 29.2 Å². The highest BCUT2D eigenvalue weighted by atomic mass is 16.5. The predicted octanol–water partition coefficient (Wildman–Crippen LogP) is 2.90. The molecule has 2 atom stereocenters. The van der Waals surface area contributed by atoms with Crippen molar-refractivity contribution in [2.24, 2.45) is 0 Å². The number of methoxy groups -OCH3 is 1. The first-order chi connectivity index (χ1) is 15.5. The van der Waals surface area contributed by atoms with E-state index in [-0.39, 0.29) is 24.3 Å². The molecule has 2 amide bonds. The van der Waals surface area contributed by atoms with Crippen LogP contribution in [0.15, 0.2) is 54.7 Å². The number of nitrogens with zero attached hydrogens (tertiary/aromatic N) is 1. The lowest BCUT2D eigenvalue weighted by molar-refractivity contribution is -0.145. The number of hydrogen-bond acceptors (Lipinski definition) is 4. The van der Waals surface area contributed by atoms with Crippen LogP contribution in [-0.4, -0.2) is 47.4 Å². The summed E-state index contributed by atoms with van der Waals surface area (Å²) in [5.41, 5.74) is 4.01. The summed E-state index contributed by atoms with van der Waals surface area (Å²) in [6, 6.07) is 14.5. The van der Waals surface area contributed by atoms with E-state index >= 15 is 0 Å². The fourth-order valence-corrected chi connectivity index (χ4v) is 4.53. The Bertz CT molecular complexity index is 1150. The van der Waals surface area contributed by atoms with E-state index in [1.165, 1.54) is 14.0 Å². The number of para-hydroxylation sites is 1. The molecule has 0 fully saturated rings. The van der Waals surface area contributed by atoms with E-state index in [0.717, 1.165) is 34.0 Å². The third-order valence-electron chi connectivity index (χ3n) is 6.12. The van der Waals surface area contributed by atoms with Gasteiger partial charge in [-0.25, -0.2) is 4.79 Å². The molecule has 4 rings (SSSR count). The molecule has 1 aliphatic rings. The molecule has 32 heavy (non-hydrogen) atoms. The Kier molecular flexibility index (Phi) is 6.25. The maximum absolute atomic E-state index is 13.0. The number of carbonyl (C=O) groups is 3. The zero-order valence-electron chi connectivity index (χ0n) is 18.3. The number of hydrogen-bond donors (Lipinski definition) is 2. The van der Waals surface area contributed by atoms with Gasteiger partial charge in [0.1, 0.15) is 6.04 Å². The number of nitrogens with one attached hydrogen (secondary N) is 2. The molecule has 0 aliphatic carbocycles. The van der Waals surface area contributed by atoms with Crippen LogP contribution in [0, 0.1) is 0 Å². The molecule has 2 N–H and O–H groups in total. The minimum atomic E-state index is -0.823. The summed E-state index contributed by atoms with van der Waals surface area (Å²) in [6.45, 7) is 2.09. The van der Waals surface area contributed by atoms with Gasteiger partial charge in [0.05, 0.1) is 19.6 Å². The van der Waals surface area contributed by atoms with Gasteiger partial charge in [-0.1, -0.05) is 42.5 Å². The SMILES string of the molecule is COC(=O)C(Cc1c[nH]c2ccccc12)NC(=O)CC1c2ccccc2CCN1C(C)=O. The lowest BCUT2D eigenvalue weighted by Crippen LogP contribution is -2.46. The molecule has 0 saturated carbocycles. The molecule has 1 aromatic heterocycles. The Morgan fingerprint density at radius 2 is 1.91 bits per heavy atom. The lowest BCUT2D eigenvalue weighted by Gasteiger charge is -2.36. The largest absolute Gasteiger partial charge is 0.467 e. The highest BCUT2D eigenvalue weighted by Gasteiger charge is 2.32. The van der Waals surface area contributed by atoms with Crippen LogP contribution in [0.25, 0.3) is 10.9 Å². The van der Waals surface area contributed by atoms with Crippen LogP contribution in [0.4, 0.5) is 0 Å². The molecule has 0 bridgehead atoms. The number of amides is 2. The molecular formula is C25H27N3O4. The van der Waals surface area contributed by atoms with Crippen LogP contribution in [0.2, 0.25) is 0 Å². The van der Waals surface area contributed by atoms with Crippen molar-refractivity contribution in [1.29, 1.82) is 0 Å². The highest BCUT2D eigenvalue weighted by Crippen LogP contribution is 2.32. The second-order valence-corrected chi connectivity index (χ2v) is 8.09. The average Bonchev–Trinajstić information content (AvgIpc) is 3.21. The van der Waals surface area contributed by atoms with E-state index in [9.17, 15) is 14.4 Å². The normalized spacial score (nSPS) is 16.3. The summed E-state index contributed by atoms with van der Waals surface area (Å²) in [6.07, 6.45) is 3.00. The van der Waals surface area contributed by atoms with Crippen molar-refractivity contribution in [3.63, 3.8) is 0 Å². The molecule has 2 aromatic carbocycles. The maximum atomic E-state index is 13.0.